The summed E-state index contributed by atoms with van der Waals surface area (Å²) in [6.45, 7) is 2.81. The Kier molecular flexibility index (Phi) is 4.74. The van der Waals surface area contributed by atoms with Crippen LogP contribution in [0.5, 0.6) is 5.88 Å². The molecule has 3 nitrogen and oxygen atoms in total. The predicted molar refractivity (Wildman–Crippen MR) is 76.8 cm³/mol. The number of hydrogen-bond acceptors (Lipinski definition) is 3. The van der Waals surface area contributed by atoms with Crippen LogP contribution in [0.15, 0.2) is 41.0 Å². The van der Waals surface area contributed by atoms with Gasteiger partial charge in [-0.3, -0.25) is 0 Å². The molecular formula is C14H14BrFN2O. The van der Waals surface area contributed by atoms with Crippen molar-refractivity contribution in [1.82, 2.24) is 4.98 Å². The topological polar surface area (TPSA) is 34.1 Å². The number of anilines is 1. The smallest absolute Gasteiger partial charge is 0.237 e. The molecule has 2 aromatic rings. The van der Waals surface area contributed by atoms with Crippen molar-refractivity contribution in [2.45, 2.75) is 13.5 Å². The zero-order valence-electron chi connectivity index (χ0n) is 10.5. The summed E-state index contributed by atoms with van der Waals surface area (Å²) in [4.78, 5) is 4.13. The highest BCUT2D eigenvalue weighted by molar-refractivity contribution is 9.10. The summed E-state index contributed by atoms with van der Waals surface area (Å²) in [5, 5.41) is 3.13. The lowest BCUT2D eigenvalue weighted by Crippen LogP contribution is -2.05. The van der Waals surface area contributed by atoms with Crippen LogP contribution in [0.4, 0.5) is 10.1 Å². The molecule has 100 valence electrons. The average molecular weight is 325 g/mol. The van der Waals surface area contributed by atoms with Crippen LogP contribution in [0.1, 0.15) is 12.5 Å². The zero-order chi connectivity index (χ0) is 13.7. The molecular weight excluding hydrogens is 311 g/mol. The highest BCUT2D eigenvalue weighted by atomic mass is 79.9. The molecule has 5 heteroatoms. The van der Waals surface area contributed by atoms with Crippen LogP contribution in [0.25, 0.3) is 0 Å². The van der Waals surface area contributed by atoms with Crippen LogP contribution in [0.3, 0.4) is 0 Å². The van der Waals surface area contributed by atoms with E-state index in [4.69, 9.17) is 4.74 Å². The molecule has 0 radical (unpaired) electrons. The minimum atomic E-state index is -0.238. The van der Waals surface area contributed by atoms with E-state index in [0.29, 0.717) is 24.6 Å². The van der Waals surface area contributed by atoms with Gasteiger partial charge in [-0.25, -0.2) is 9.37 Å². The molecule has 0 saturated heterocycles. The van der Waals surface area contributed by atoms with Gasteiger partial charge in [-0.05, 0) is 37.3 Å². The summed E-state index contributed by atoms with van der Waals surface area (Å²) in [5.74, 6) is 0.290. The third kappa shape index (κ3) is 3.67. The van der Waals surface area contributed by atoms with Crippen molar-refractivity contribution in [3.8, 4) is 5.88 Å². The second kappa shape index (κ2) is 6.52. The van der Waals surface area contributed by atoms with Crippen LogP contribution < -0.4 is 10.1 Å². The first-order valence-corrected chi connectivity index (χ1v) is 6.75. The molecule has 0 aliphatic carbocycles. The number of nitrogens with one attached hydrogen (secondary N) is 1. The molecule has 0 bridgehead atoms. The molecule has 19 heavy (non-hydrogen) atoms. The van der Waals surface area contributed by atoms with Gasteiger partial charge in [0.25, 0.3) is 0 Å². The molecule has 0 spiro atoms. The molecule has 0 saturated carbocycles. The van der Waals surface area contributed by atoms with Gasteiger partial charge in [-0.1, -0.05) is 15.9 Å². The third-order valence-electron chi connectivity index (χ3n) is 2.53. The molecule has 1 heterocycles. The molecule has 0 atom stereocenters. The molecule has 0 fully saturated rings. The number of ether oxygens (including phenoxy) is 1. The molecule has 0 aliphatic heterocycles. The first kappa shape index (κ1) is 13.8. The number of halogens is 2. The van der Waals surface area contributed by atoms with E-state index < -0.39 is 0 Å². The number of benzene rings is 1. The Balaban J connectivity index is 2.12. The van der Waals surface area contributed by atoms with Gasteiger partial charge in [-0.15, -0.1) is 0 Å². The SMILES string of the molecule is CCOc1ncccc1NCc1cc(Br)ccc1F. The Bertz CT molecular complexity index is 563. The number of nitrogens with zero attached hydrogens (tertiary/aromatic N) is 1. The largest absolute Gasteiger partial charge is 0.476 e. The quantitative estimate of drug-likeness (QED) is 0.902. The number of rotatable bonds is 5. The van der Waals surface area contributed by atoms with Crippen LogP contribution in [0, 0.1) is 5.82 Å². The lowest BCUT2D eigenvalue weighted by molar-refractivity contribution is 0.328. The number of hydrogen-bond donors (Lipinski definition) is 1. The normalized spacial score (nSPS) is 10.3. The fourth-order valence-corrected chi connectivity index (χ4v) is 2.05. The van der Waals surface area contributed by atoms with Crippen molar-refractivity contribution in [1.29, 1.82) is 0 Å². The minimum absolute atomic E-state index is 0.238. The van der Waals surface area contributed by atoms with Crippen molar-refractivity contribution in [2.75, 3.05) is 11.9 Å². The maximum Gasteiger partial charge on any atom is 0.237 e. The molecule has 1 aromatic carbocycles. The molecule has 2 rings (SSSR count). The monoisotopic (exact) mass is 324 g/mol. The van der Waals surface area contributed by atoms with Crippen molar-refractivity contribution < 1.29 is 9.13 Å². The van der Waals surface area contributed by atoms with Gasteiger partial charge < -0.3 is 10.1 Å². The van der Waals surface area contributed by atoms with Gasteiger partial charge in [0.05, 0.1) is 12.3 Å². The minimum Gasteiger partial charge on any atom is -0.476 e. The molecule has 0 unspecified atom stereocenters. The summed E-state index contributed by atoms with van der Waals surface area (Å²) in [5.41, 5.74) is 1.34. The van der Waals surface area contributed by atoms with Crippen molar-refractivity contribution in [3.05, 3.63) is 52.4 Å². The Morgan fingerprint density at radius 1 is 1.37 bits per heavy atom. The number of pyridine rings is 1. The maximum absolute atomic E-state index is 13.6. The highest BCUT2D eigenvalue weighted by Crippen LogP contribution is 2.22. The van der Waals surface area contributed by atoms with Crippen LogP contribution in [-0.4, -0.2) is 11.6 Å². The van der Waals surface area contributed by atoms with Crippen LogP contribution in [0.2, 0.25) is 0 Å². The van der Waals surface area contributed by atoms with E-state index in [1.165, 1.54) is 6.07 Å². The van der Waals surface area contributed by atoms with Gasteiger partial charge in [0.15, 0.2) is 0 Å². The Morgan fingerprint density at radius 3 is 3.00 bits per heavy atom. The van der Waals surface area contributed by atoms with Gasteiger partial charge >= 0.3 is 0 Å². The molecule has 0 aliphatic rings. The van der Waals surface area contributed by atoms with E-state index in [1.54, 1.807) is 18.3 Å². The second-order valence-corrected chi connectivity index (χ2v) is 4.79. The standard InChI is InChI=1S/C14H14BrFN2O/c1-2-19-14-13(4-3-7-17-14)18-9-10-8-11(15)5-6-12(10)16/h3-8,18H,2,9H2,1H3. The average Bonchev–Trinajstić information content (AvgIpc) is 2.42. The van der Waals surface area contributed by atoms with Gasteiger partial charge in [0.2, 0.25) is 5.88 Å². The van der Waals surface area contributed by atoms with E-state index in [2.05, 4.69) is 26.2 Å². The fourth-order valence-electron chi connectivity index (χ4n) is 1.65. The summed E-state index contributed by atoms with van der Waals surface area (Å²) in [6.07, 6.45) is 1.66. The van der Waals surface area contributed by atoms with Crippen LogP contribution in [-0.2, 0) is 6.54 Å². The summed E-state index contributed by atoms with van der Waals surface area (Å²) in [7, 11) is 0. The second-order valence-electron chi connectivity index (χ2n) is 3.88. The highest BCUT2D eigenvalue weighted by Gasteiger charge is 2.06. The molecule has 0 amide bonds. The van der Waals surface area contributed by atoms with E-state index in [1.807, 2.05) is 19.1 Å². The summed E-state index contributed by atoms with van der Waals surface area (Å²) >= 11 is 3.33. The first-order valence-electron chi connectivity index (χ1n) is 5.96. The van der Waals surface area contributed by atoms with Crippen molar-refractivity contribution in [2.24, 2.45) is 0 Å². The van der Waals surface area contributed by atoms with E-state index in [0.717, 1.165) is 10.2 Å². The molecule has 1 aromatic heterocycles. The fraction of sp³-hybridized carbons (Fsp3) is 0.214. The lowest BCUT2D eigenvalue weighted by atomic mass is 10.2. The molecule has 1 N–H and O–H groups in total. The summed E-state index contributed by atoms with van der Waals surface area (Å²) < 4.78 is 19.9. The Morgan fingerprint density at radius 2 is 2.21 bits per heavy atom. The first-order chi connectivity index (χ1) is 9.20. The maximum atomic E-state index is 13.6. The summed E-state index contributed by atoms with van der Waals surface area (Å²) in [6, 6.07) is 8.53. The van der Waals surface area contributed by atoms with Gasteiger partial charge in [-0.2, -0.15) is 0 Å². The predicted octanol–water partition coefficient (Wildman–Crippen LogP) is 3.99. The lowest BCUT2D eigenvalue weighted by Gasteiger charge is -2.11. The van der Waals surface area contributed by atoms with Gasteiger partial charge in [0, 0.05) is 22.8 Å². The van der Waals surface area contributed by atoms with Gasteiger partial charge in [0.1, 0.15) is 5.82 Å². The van der Waals surface area contributed by atoms with E-state index >= 15 is 0 Å². The Labute approximate surface area is 119 Å². The van der Waals surface area contributed by atoms with Crippen LogP contribution >= 0.6 is 15.9 Å². The number of aromatic nitrogens is 1. The van der Waals surface area contributed by atoms with E-state index in [9.17, 15) is 4.39 Å². The third-order valence-corrected chi connectivity index (χ3v) is 3.02. The zero-order valence-corrected chi connectivity index (χ0v) is 12.1. The van der Waals surface area contributed by atoms with E-state index in [-0.39, 0.29) is 5.82 Å². The van der Waals surface area contributed by atoms with Crippen molar-refractivity contribution in [3.63, 3.8) is 0 Å². The van der Waals surface area contributed by atoms with Crippen molar-refractivity contribution >= 4 is 21.6 Å². The Hall–Kier alpha value is -1.62.